The Bertz CT molecular complexity index is 235. The fraction of sp³-hybridized carbons (Fsp3) is 1.00. The summed E-state index contributed by atoms with van der Waals surface area (Å²) in [6.45, 7) is 17.5. The van der Waals surface area contributed by atoms with Gasteiger partial charge in [0.25, 0.3) is 0 Å². The zero-order chi connectivity index (χ0) is 13.8. The van der Waals surface area contributed by atoms with Crippen LogP contribution in [0.2, 0.25) is 0 Å². The molecule has 1 heterocycles. The van der Waals surface area contributed by atoms with Crippen molar-refractivity contribution in [2.75, 3.05) is 26.2 Å². The number of hydrogen-bond donors (Lipinski definition) is 1. The van der Waals surface area contributed by atoms with Crippen LogP contribution in [-0.4, -0.2) is 48.3 Å². The SMILES string of the molecule is CCCC(C)NCCN1CC(C)(C)OC(C)(C)C1. The summed E-state index contributed by atoms with van der Waals surface area (Å²) in [7, 11) is 0. The van der Waals surface area contributed by atoms with Crippen molar-refractivity contribution in [3.8, 4) is 0 Å². The third-order valence-corrected chi connectivity index (χ3v) is 3.40. The van der Waals surface area contributed by atoms with E-state index in [2.05, 4.69) is 51.8 Å². The molecule has 3 heteroatoms. The summed E-state index contributed by atoms with van der Waals surface area (Å²) in [6, 6.07) is 0.636. The molecular formula is C15H32N2O. The Morgan fingerprint density at radius 1 is 1.17 bits per heavy atom. The number of rotatable bonds is 6. The lowest BCUT2D eigenvalue weighted by Gasteiger charge is -2.47. The van der Waals surface area contributed by atoms with Gasteiger partial charge in [-0.15, -0.1) is 0 Å². The van der Waals surface area contributed by atoms with Crippen molar-refractivity contribution in [3.05, 3.63) is 0 Å². The highest BCUT2D eigenvalue weighted by Crippen LogP contribution is 2.27. The summed E-state index contributed by atoms with van der Waals surface area (Å²) in [4.78, 5) is 2.52. The summed E-state index contributed by atoms with van der Waals surface area (Å²) in [5.74, 6) is 0. The summed E-state index contributed by atoms with van der Waals surface area (Å²) >= 11 is 0. The third kappa shape index (κ3) is 5.68. The van der Waals surface area contributed by atoms with Gasteiger partial charge in [-0.3, -0.25) is 4.90 Å². The van der Waals surface area contributed by atoms with Gasteiger partial charge in [0.2, 0.25) is 0 Å². The van der Waals surface area contributed by atoms with Crippen molar-refractivity contribution >= 4 is 0 Å². The van der Waals surface area contributed by atoms with E-state index in [-0.39, 0.29) is 11.2 Å². The van der Waals surface area contributed by atoms with Crippen molar-refractivity contribution in [3.63, 3.8) is 0 Å². The van der Waals surface area contributed by atoms with Gasteiger partial charge in [0, 0.05) is 32.2 Å². The first-order valence-electron chi connectivity index (χ1n) is 7.40. The lowest BCUT2D eigenvalue weighted by Crippen LogP contribution is -2.58. The molecule has 0 aromatic heterocycles. The lowest BCUT2D eigenvalue weighted by molar-refractivity contribution is -0.180. The average molecular weight is 256 g/mol. The molecule has 0 aromatic rings. The van der Waals surface area contributed by atoms with Crippen LogP contribution in [0.4, 0.5) is 0 Å². The normalized spacial score (nSPS) is 25.0. The highest BCUT2D eigenvalue weighted by Gasteiger charge is 2.37. The highest BCUT2D eigenvalue weighted by molar-refractivity contribution is 4.89. The number of hydrogen-bond acceptors (Lipinski definition) is 3. The van der Waals surface area contributed by atoms with Gasteiger partial charge in [-0.2, -0.15) is 0 Å². The van der Waals surface area contributed by atoms with Crippen molar-refractivity contribution in [2.24, 2.45) is 0 Å². The van der Waals surface area contributed by atoms with Crippen LogP contribution in [-0.2, 0) is 4.74 Å². The van der Waals surface area contributed by atoms with Crippen LogP contribution in [0, 0.1) is 0 Å². The monoisotopic (exact) mass is 256 g/mol. The Labute approximate surface area is 113 Å². The van der Waals surface area contributed by atoms with Gasteiger partial charge in [-0.25, -0.2) is 0 Å². The Hall–Kier alpha value is -0.120. The molecule has 3 nitrogen and oxygen atoms in total. The molecule has 1 unspecified atom stereocenters. The van der Waals surface area contributed by atoms with Crippen LogP contribution >= 0.6 is 0 Å². The Morgan fingerprint density at radius 3 is 2.22 bits per heavy atom. The zero-order valence-electron chi connectivity index (χ0n) is 13.2. The first-order valence-corrected chi connectivity index (χ1v) is 7.40. The molecule has 0 radical (unpaired) electrons. The van der Waals surface area contributed by atoms with E-state index < -0.39 is 0 Å². The van der Waals surface area contributed by atoms with Crippen molar-refractivity contribution in [1.82, 2.24) is 10.2 Å². The second-order valence-electron chi connectivity index (χ2n) is 6.98. The smallest absolute Gasteiger partial charge is 0.0760 e. The van der Waals surface area contributed by atoms with E-state index in [0.717, 1.165) is 26.2 Å². The minimum Gasteiger partial charge on any atom is -0.367 e. The molecular weight excluding hydrogens is 224 g/mol. The first kappa shape index (κ1) is 15.9. The maximum absolute atomic E-state index is 6.10. The molecule has 0 amide bonds. The number of nitrogens with one attached hydrogen (secondary N) is 1. The van der Waals surface area contributed by atoms with Crippen LogP contribution in [0.3, 0.4) is 0 Å². The molecule has 0 saturated carbocycles. The van der Waals surface area contributed by atoms with Crippen molar-refractivity contribution < 1.29 is 4.74 Å². The van der Waals surface area contributed by atoms with Gasteiger partial charge in [0.1, 0.15) is 0 Å². The summed E-state index contributed by atoms with van der Waals surface area (Å²) in [5.41, 5.74) is -0.0619. The van der Waals surface area contributed by atoms with Gasteiger partial charge in [-0.05, 0) is 41.0 Å². The van der Waals surface area contributed by atoms with E-state index in [1.807, 2.05) is 0 Å². The quantitative estimate of drug-likeness (QED) is 0.791. The Kier molecular flexibility index (Phi) is 5.63. The molecule has 18 heavy (non-hydrogen) atoms. The third-order valence-electron chi connectivity index (χ3n) is 3.40. The molecule has 0 bridgehead atoms. The van der Waals surface area contributed by atoms with Crippen molar-refractivity contribution in [2.45, 2.75) is 71.6 Å². The van der Waals surface area contributed by atoms with Gasteiger partial charge in [0.05, 0.1) is 11.2 Å². The molecule has 1 aliphatic rings. The maximum Gasteiger partial charge on any atom is 0.0760 e. The number of nitrogens with zero attached hydrogens (tertiary/aromatic N) is 1. The fourth-order valence-corrected chi connectivity index (χ4v) is 3.11. The molecule has 1 fully saturated rings. The van der Waals surface area contributed by atoms with Gasteiger partial charge >= 0.3 is 0 Å². The average Bonchev–Trinajstić information content (AvgIpc) is 2.12. The van der Waals surface area contributed by atoms with E-state index in [1.54, 1.807) is 0 Å². The topological polar surface area (TPSA) is 24.5 Å². The molecule has 108 valence electrons. The second-order valence-corrected chi connectivity index (χ2v) is 6.98. The van der Waals surface area contributed by atoms with E-state index in [0.29, 0.717) is 6.04 Å². The lowest BCUT2D eigenvalue weighted by atomic mass is 9.99. The minimum absolute atomic E-state index is 0.0310. The molecule has 1 rings (SSSR count). The zero-order valence-corrected chi connectivity index (χ0v) is 13.2. The summed E-state index contributed by atoms with van der Waals surface area (Å²) in [5, 5.41) is 3.60. The molecule has 0 aromatic carbocycles. The second kappa shape index (κ2) is 6.36. The van der Waals surface area contributed by atoms with E-state index >= 15 is 0 Å². The van der Waals surface area contributed by atoms with Crippen LogP contribution in [0.15, 0.2) is 0 Å². The predicted molar refractivity (Wildman–Crippen MR) is 78.1 cm³/mol. The molecule has 1 saturated heterocycles. The van der Waals surface area contributed by atoms with Gasteiger partial charge < -0.3 is 10.1 Å². The number of morpholine rings is 1. The van der Waals surface area contributed by atoms with Gasteiger partial charge in [-0.1, -0.05) is 13.3 Å². The largest absolute Gasteiger partial charge is 0.367 e. The molecule has 0 spiro atoms. The van der Waals surface area contributed by atoms with Crippen molar-refractivity contribution in [1.29, 1.82) is 0 Å². The molecule has 1 N–H and O–H groups in total. The molecule has 1 aliphatic heterocycles. The molecule has 0 aliphatic carbocycles. The standard InChI is InChI=1S/C15H32N2O/c1-7-8-13(2)16-9-10-17-11-14(3,4)18-15(5,6)12-17/h13,16H,7-12H2,1-6H3. The van der Waals surface area contributed by atoms with Crippen LogP contribution < -0.4 is 5.32 Å². The highest BCUT2D eigenvalue weighted by atomic mass is 16.5. The predicted octanol–water partition coefficient (Wildman–Crippen LogP) is 2.65. The van der Waals surface area contributed by atoms with E-state index in [4.69, 9.17) is 4.74 Å². The van der Waals surface area contributed by atoms with E-state index in [9.17, 15) is 0 Å². The maximum atomic E-state index is 6.10. The fourth-order valence-electron chi connectivity index (χ4n) is 3.11. The summed E-state index contributed by atoms with van der Waals surface area (Å²) in [6.07, 6.45) is 2.52. The minimum atomic E-state index is -0.0310. The Morgan fingerprint density at radius 2 is 1.72 bits per heavy atom. The van der Waals surface area contributed by atoms with Crippen LogP contribution in [0.1, 0.15) is 54.4 Å². The summed E-state index contributed by atoms with van der Waals surface area (Å²) < 4.78 is 6.10. The van der Waals surface area contributed by atoms with Crippen LogP contribution in [0.5, 0.6) is 0 Å². The van der Waals surface area contributed by atoms with Crippen LogP contribution in [0.25, 0.3) is 0 Å². The Balaban J connectivity index is 2.33. The van der Waals surface area contributed by atoms with E-state index in [1.165, 1.54) is 12.8 Å². The molecule has 1 atom stereocenters. The number of ether oxygens (including phenoxy) is 1. The van der Waals surface area contributed by atoms with Gasteiger partial charge in [0.15, 0.2) is 0 Å². The first-order chi connectivity index (χ1) is 8.24.